The summed E-state index contributed by atoms with van der Waals surface area (Å²) in [7, 11) is 0. The average Bonchev–Trinajstić information content (AvgIpc) is 3.31. The molecule has 0 aliphatic heterocycles. The topological polar surface area (TPSA) is 71.3 Å². The minimum absolute atomic E-state index is 0.186. The van der Waals surface area contributed by atoms with E-state index < -0.39 is 0 Å². The number of aryl methyl sites for hydroxylation is 2. The number of amides is 2. The highest BCUT2D eigenvalue weighted by atomic mass is 35.5. The molecule has 0 saturated heterocycles. The van der Waals surface area contributed by atoms with Gasteiger partial charge in [-0.25, -0.2) is 0 Å². The van der Waals surface area contributed by atoms with E-state index in [1.165, 1.54) is 6.08 Å². The lowest BCUT2D eigenvalue weighted by Crippen LogP contribution is -2.13. The Morgan fingerprint density at radius 2 is 1.65 bits per heavy atom. The molecule has 34 heavy (non-hydrogen) atoms. The second-order valence-electron chi connectivity index (χ2n) is 7.84. The van der Waals surface area contributed by atoms with E-state index in [4.69, 9.17) is 16.0 Å². The van der Waals surface area contributed by atoms with E-state index >= 15 is 0 Å². The Kier molecular flexibility index (Phi) is 6.95. The van der Waals surface area contributed by atoms with Gasteiger partial charge in [-0.3, -0.25) is 9.59 Å². The molecule has 6 heteroatoms. The van der Waals surface area contributed by atoms with Gasteiger partial charge in [-0.05, 0) is 79.6 Å². The molecule has 0 radical (unpaired) electrons. The predicted octanol–water partition coefficient (Wildman–Crippen LogP) is 7.12. The van der Waals surface area contributed by atoms with Crippen LogP contribution in [0.4, 0.5) is 11.4 Å². The van der Waals surface area contributed by atoms with Crippen LogP contribution in [0.25, 0.3) is 17.4 Å². The van der Waals surface area contributed by atoms with Crippen molar-refractivity contribution in [1.82, 2.24) is 0 Å². The summed E-state index contributed by atoms with van der Waals surface area (Å²) >= 11 is 6.19. The second-order valence-corrected chi connectivity index (χ2v) is 8.25. The molecule has 0 aliphatic rings. The summed E-state index contributed by atoms with van der Waals surface area (Å²) < 4.78 is 5.81. The molecule has 0 aliphatic carbocycles. The van der Waals surface area contributed by atoms with Gasteiger partial charge in [0.05, 0.1) is 0 Å². The molecule has 0 unspecified atom stereocenters. The maximum Gasteiger partial charge on any atom is 0.255 e. The van der Waals surface area contributed by atoms with Crippen LogP contribution in [0.3, 0.4) is 0 Å². The number of anilines is 2. The molecule has 3 aromatic carbocycles. The van der Waals surface area contributed by atoms with Crippen molar-refractivity contribution in [3.8, 4) is 11.3 Å². The number of nitrogens with one attached hydrogen (secondary N) is 2. The lowest BCUT2D eigenvalue weighted by atomic mass is 10.1. The van der Waals surface area contributed by atoms with Gasteiger partial charge < -0.3 is 15.1 Å². The van der Waals surface area contributed by atoms with Crippen molar-refractivity contribution in [3.05, 3.63) is 112 Å². The first-order valence-corrected chi connectivity index (χ1v) is 11.1. The third kappa shape index (κ3) is 5.63. The SMILES string of the molecule is Cc1ccc(-c2ccc(/C=C/C(=O)Nc3ccc(NC(=O)c4ccccc4)c(C)c3)o2)cc1Cl. The van der Waals surface area contributed by atoms with Crippen molar-refractivity contribution in [1.29, 1.82) is 0 Å². The lowest BCUT2D eigenvalue weighted by Gasteiger charge is -2.10. The van der Waals surface area contributed by atoms with Crippen molar-refractivity contribution >= 4 is 40.9 Å². The van der Waals surface area contributed by atoms with Crippen LogP contribution in [0, 0.1) is 13.8 Å². The van der Waals surface area contributed by atoms with E-state index in [1.807, 2.05) is 56.3 Å². The number of hydrogen-bond donors (Lipinski definition) is 2. The molecule has 2 amide bonds. The lowest BCUT2D eigenvalue weighted by molar-refractivity contribution is -0.111. The molecule has 0 fully saturated rings. The highest BCUT2D eigenvalue weighted by molar-refractivity contribution is 6.31. The molecule has 0 saturated carbocycles. The van der Waals surface area contributed by atoms with Gasteiger partial charge in [-0.1, -0.05) is 41.9 Å². The predicted molar refractivity (Wildman–Crippen MR) is 137 cm³/mol. The highest BCUT2D eigenvalue weighted by Crippen LogP contribution is 2.27. The summed E-state index contributed by atoms with van der Waals surface area (Å²) in [6, 6.07) is 23.7. The fraction of sp³-hybridized carbons (Fsp3) is 0.0714. The molecule has 5 nitrogen and oxygen atoms in total. The van der Waals surface area contributed by atoms with Gasteiger partial charge in [-0.2, -0.15) is 0 Å². The van der Waals surface area contributed by atoms with Gasteiger partial charge in [0.25, 0.3) is 5.91 Å². The zero-order valence-electron chi connectivity index (χ0n) is 18.8. The molecular formula is C28H23ClN2O3. The van der Waals surface area contributed by atoms with Gasteiger partial charge in [0.15, 0.2) is 0 Å². The largest absolute Gasteiger partial charge is 0.457 e. The second kappa shape index (κ2) is 10.2. The normalized spacial score (nSPS) is 10.9. The molecule has 0 atom stereocenters. The van der Waals surface area contributed by atoms with Crippen molar-refractivity contribution in [2.24, 2.45) is 0 Å². The Labute approximate surface area is 203 Å². The van der Waals surface area contributed by atoms with Crippen LogP contribution < -0.4 is 10.6 Å². The standard InChI is InChI=1S/C28H23ClN2O3/c1-18-8-9-21(17-24(18)29)26-14-11-23(34-26)12-15-27(32)30-22-10-13-25(19(2)16-22)31-28(33)20-6-4-3-5-7-20/h3-17H,1-2H3,(H,30,32)(H,31,33)/b15-12+. The number of rotatable bonds is 6. The number of furan rings is 1. The zero-order chi connectivity index (χ0) is 24.1. The fourth-order valence-electron chi connectivity index (χ4n) is 3.35. The maximum atomic E-state index is 12.4. The first-order chi connectivity index (χ1) is 16.4. The molecule has 1 heterocycles. The molecule has 1 aromatic heterocycles. The minimum Gasteiger partial charge on any atom is -0.457 e. The summed E-state index contributed by atoms with van der Waals surface area (Å²) in [6.45, 7) is 3.81. The Balaban J connectivity index is 1.37. The summed E-state index contributed by atoms with van der Waals surface area (Å²) in [6.07, 6.45) is 3.01. The van der Waals surface area contributed by atoms with Crippen LogP contribution in [0.15, 0.2) is 89.4 Å². The fourth-order valence-corrected chi connectivity index (χ4v) is 3.53. The summed E-state index contributed by atoms with van der Waals surface area (Å²) in [4.78, 5) is 24.7. The van der Waals surface area contributed by atoms with E-state index in [0.717, 1.165) is 16.7 Å². The molecule has 2 N–H and O–H groups in total. The molecule has 4 aromatic rings. The van der Waals surface area contributed by atoms with Crippen LogP contribution in [0.5, 0.6) is 0 Å². The van der Waals surface area contributed by atoms with E-state index in [-0.39, 0.29) is 11.8 Å². The van der Waals surface area contributed by atoms with Crippen LogP contribution >= 0.6 is 11.6 Å². The van der Waals surface area contributed by atoms with Gasteiger partial charge in [0, 0.05) is 33.6 Å². The maximum absolute atomic E-state index is 12.4. The van der Waals surface area contributed by atoms with Crippen LogP contribution in [-0.4, -0.2) is 11.8 Å². The molecule has 4 rings (SSSR count). The number of carbonyl (C=O) groups excluding carboxylic acids is 2. The average molecular weight is 471 g/mol. The molecule has 170 valence electrons. The van der Waals surface area contributed by atoms with Crippen molar-refractivity contribution in [3.63, 3.8) is 0 Å². The van der Waals surface area contributed by atoms with Gasteiger partial charge in [0.2, 0.25) is 5.91 Å². The van der Waals surface area contributed by atoms with Crippen molar-refractivity contribution in [2.45, 2.75) is 13.8 Å². The Morgan fingerprint density at radius 3 is 2.38 bits per heavy atom. The number of halogens is 1. The number of carbonyl (C=O) groups is 2. The third-order valence-electron chi connectivity index (χ3n) is 5.26. The van der Waals surface area contributed by atoms with Crippen LogP contribution in [0.2, 0.25) is 5.02 Å². The summed E-state index contributed by atoms with van der Waals surface area (Å²) in [5.41, 5.74) is 4.58. The first-order valence-electron chi connectivity index (χ1n) is 10.7. The quantitative estimate of drug-likeness (QED) is 0.295. The summed E-state index contributed by atoms with van der Waals surface area (Å²) in [5, 5.41) is 6.38. The summed E-state index contributed by atoms with van der Waals surface area (Å²) in [5.74, 6) is 0.744. The monoisotopic (exact) mass is 470 g/mol. The highest BCUT2D eigenvalue weighted by Gasteiger charge is 2.09. The number of benzene rings is 3. The van der Waals surface area contributed by atoms with E-state index in [1.54, 1.807) is 42.5 Å². The van der Waals surface area contributed by atoms with Crippen LogP contribution in [0.1, 0.15) is 27.2 Å². The Morgan fingerprint density at radius 1 is 0.853 bits per heavy atom. The molecule has 0 spiro atoms. The Hall–Kier alpha value is -4.09. The zero-order valence-corrected chi connectivity index (χ0v) is 19.5. The molecular weight excluding hydrogens is 448 g/mol. The molecule has 0 bridgehead atoms. The van der Waals surface area contributed by atoms with Gasteiger partial charge in [-0.15, -0.1) is 0 Å². The minimum atomic E-state index is -0.295. The van der Waals surface area contributed by atoms with Gasteiger partial charge >= 0.3 is 0 Å². The van der Waals surface area contributed by atoms with E-state index in [2.05, 4.69) is 10.6 Å². The third-order valence-corrected chi connectivity index (χ3v) is 5.67. The van der Waals surface area contributed by atoms with Crippen molar-refractivity contribution in [2.75, 3.05) is 10.6 Å². The van der Waals surface area contributed by atoms with Gasteiger partial charge in [0.1, 0.15) is 11.5 Å². The van der Waals surface area contributed by atoms with Crippen LogP contribution in [-0.2, 0) is 4.79 Å². The van der Waals surface area contributed by atoms with E-state index in [0.29, 0.717) is 33.5 Å². The Bertz CT molecular complexity index is 1370. The van der Waals surface area contributed by atoms with Crippen molar-refractivity contribution < 1.29 is 14.0 Å². The number of hydrogen-bond acceptors (Lipinski definition) is 3. The smallest absolute Gasteiger partial charge is 0.255 e. The van der Waals surface area contributed by atoms with E-state index in [9.17, 15) is 9.59 Å². The first kappa shape index (κ1) is 23.1.